The molecular formula is C13H19N3O2. The lowest BCUT2D eigenvalue weighted by Crippen LogP contribution is -2.33. The number of oxazole rings is 1. The van der Waals surface area contributed by atoms with Crippen molar-refractivity contribution in [3.05, 3.63) is 22.7 Å². The molecule has 0 saturated carbocycles. The van der Waals surface area contributed by atoms with Crippen molar-refractivity contribution in [3.63, 3.8) is 0 Å². The van der Waals surface area contributed by atoms with Crippen LogP contribution in [0.2, 0.25) is 0 Å². The van der Waals surface area contributed by atoms with E-state index in [0.717, 1.165) is 5.69 Å². The molecule has 0 fully saturated rings. The maximum atomic E-state index is 11.1. The highest BCUT2D eigenvalue weighted by Crippen LogP contribution is 2.29. The van der Waals surface area contributed by atoms with Crippen molar-refractivity contribution in [2.75, 3.05) is 17.7 Å². The van der Waals surface area contributed by atoms with E-state index in [1.165, 1.54) is 0 Å². The maximum absolute atomic E-state index is 11.1. The third kappa shape index (κ3) is 2.08. The number of anilines is 2. The Kier molecular flexibility index (Phi) is 3.07. The average Bonchev–Trinajstić information content (AvgIpc) is 2.65. The average molecular weight is 249 g/mol. The molecule has 0 spiro atoms. The molecule has 0 aliphatic heterocycles. The van der Waals surface area contributed by atoms with Gasteiger partial charge in [0, 0.05) is 19.2 Å². The maximum Gasteiger partial charge on any atom is 0.417 e. The van der Waals surface area contributed by atoms with Gasteiger partial charge in [-0.15, -0.1) is 0 Å². The molecule has 0 aliphatic carbocycles. The van der Waals surface area contributed by atoms with Crippen molar-refractivity contribution in [2.45, 2.75) is 26.8 Å². The fourth-order valence-electron chi connectivity index (χ4n) is 1.97. The van der Waals surface area contributed by atoms with Gasteiger partial charge in [0.25, 0.3) is 0 Å². The monoisotopic (exact) mass is 249 g/mol. The molecule has 3 N–H and O–H groups in total. The number of nitrogens with two attached hydrogens (primary N) is 1. The number of aromatic amines is 1. The van der Waals surface area contributed by atoms with Gasteiger partial charge >= 0.3 is 5.76 Å². The van der Waals surface area contributed by atoms with Crippen molar-refractivity contribution in [3.8, 4) is 0 Å². The molecule has 2 rings (SSSR count). The van der Waals surface area contributed by atoms with E-state index in [4.69, 9.17) is 10.2 Å². The zero-order valence-electron chi connectivity index (χ0n) is 11.2. The molecule has 5 nitrogen and oxygen atoms in total. The Hall–Kier alpha value is -1.91. The van der Waals surface area contributed by atoms with Gasteiger partial charge in [-0.2, -0.15) is 0 Å². The Balaban J connectivity index is 2.50. The molecule has 1 unspecified atom stereocenters. The first-order valence-corrected chi connectivity index (χ1v) is 6.05. The highest BCUT2D eigenvalue weighted by Gasteiger charge is 2.17. The van der Waals surface area contributed by atoms with Crippen LogP contribution in [-0.2, 0) is 0 Å². The smallest absolute Gasteiger partial charge is 0.408 e. The summed E-state index contributed by atoms with van der Waals surface area (Å²) in [6.45, 7) is 6.47. The van der Waals surface area contributed by atoms with Gasteiger partial charge in [-0.1, -0.05) is 13.8 Å². The van der Waals surface area contributed by atoms with Gasteiger partial charge in [0.05, 0.1) is 16.9 Å². The number of nitrogens with one attached hydrogen (secondary N) is 1. The van der Waals surface area contributed by atoms with E-state index in [-0.39, 0.29) is 0 Å². The first-order chi connectivity index (χ1) is 8.40. The number of fused-ring (bicyclic) bond motifs is 1. The Morgan fingerprint density at radius 3 is 2.61 bits per heavy atom. The number of hydrogen-bond acceptors (Lipinski definition) is 4. The lowest BCUT2D eigenvalue weighted by atomic mass is 10.0. The van der Waals surface area contributed by atoms with Crippen LogP contribution in [-0.4, -0.2) is 18.1 Å². The Labute approximate surface area is 106 Å². The molecule has 1 heterocycles. The predicted octanol–water partition coefficient (Wildman–Crippen LogP) is 2.18. The number of nitrogens with zero attached hydrogens (tertiary/aromatic N) is 1. The fourth-order valence-corrected chi connectivity index (χ4v) is 1.97. The number of rotatable bonds is 3. The minimum absolute atomic E-state index is 0.350. The first-order valence-electron chi connectivity index (χ1n) is 6.05. The molecule has 98 valence electrons. The lowest BCUT2D eigenvalue weighted by molar-refractivity contribution is 0.506. The standard InChI is InChI=1S/C13H19N3O2/c1-7(2)8(3)16(4)11-6-10-12(5-9(11)14)18-13(17)15-10/h5-8H,14H2,1-4H3,(H,15,17). The molecule has 0 radical (unpaired) electrons. The Bertz CT molecular complexity index is 612. The quantitative estimate of drug-likeness (QED) is 0.817. The van der Waals surface area contributed by atoms with Crippen LogP contribution < -0.4 is 16.4 Å². The van der Waals surface area contributed by atoms with Crippen LogP contribution in [0, 0.1) is 5.92 Å². The number of aromatic nitrogens is 1. The van der Waals surface area contributed by atoms with Crippen molar-refractivity contribution in [1.29, 1.82) is 0 Å². The van der Waals surface area contributed by atoms with Gasteiger partial charge in [0.15, 0.2) is 5.58 Å². The van der Waals surface area contributed by atoms with E-state index in [0.29, 0.717) is 28.7 Å². The fraction of sp³-hybridized carbons (Fsp3) is 0.462. The normalized spacial score (nSPS) is 13.2. The first kappa shape index (κ1) is 12.5. The third-order valence-electron chi connectivity index (χ3n) is 3.52. The summed E-state index contributed by atoms with van der Waals surface area (Å²) in [6.07, 6.45) is 0. The van der Waals surface area contributed by atoms with E-state index in [1.807, 2.05) is 13.1 Å². The largest absolute Gasteiger partial charge is 0.417 e. The minimum Gasteiger partial charge on any atom is -0.408 e. The molecule has 0 aliphatic rings. The van der Waals surface area contributed by atoms with Crippen LogP contribution in [0.15, 0.2) is 21.3 Å². The second-order valence-corrected chi connectivity index (χ2v) is 5.02. The highest BCUT2D eigenvalue weighted by atomic mass is 16.4. The number of H-pyrrole nitrogens is 1. The molecule has 5 heteroatoms. The van der Waals surface area contributed by atoms with Gasteiger partial charge in [0.1, 0.15) is 0 Å². The van der Waals surface area contributed by atoms with Crippen LogP contribution in [0.1, 0.15) is 20.8 Å². The summed E-state index contributed by atoms with van der Waals surface area (Å²) in [5.74, 6) is 0.0506. The summed E-state index contributed by atoms with van der Waals surface area (Å²) < 4.78 is 4.98. The predicted molar refractivity (Wildman–Crippen MR) is 74.0 cm³/mol. The van der Waals surface area contributed by atoms with Crippen LogP contribution in [0.25, 0.3) is 11.1 Å². The molecule has 2 aromatic rings. The second kappa shape index (κ2) is 4.40. The van der Waals surface area contributed by atoms with Crippen LogP contribution in [0.5, 0.6) is 0 Å². The summed E-state index contributed by atoms with van der Waals surface area (Å²) in [7, 11) is 2.00. The van der Waals surface area contributed by atoms with E-state index in [2.05, 4.69) is 30.7 Å². The van der Waals surface area contributed by atoms with Gasteiger partial charge < -0.3 is 15.1 Å². The zero-order valence-corrected chi connectivity index (χ0v) is 11.2. The molecule has 1 aromatic carbocycles. The van der Waals surface area contributed by atoms with Gasteiger partial charge in [-0.05, 0) is 18.9 Å². The van der Waals surface area contributed by atoms with Crippen molar-refractivity contribution in [1.82, 2.24) is 4.98 Å². The van der Waals surface area contributed by atoms with Gasteiger partial charge in [-0.25, -0.2) is 4.79 Å². The molecule has 18 heavy (non-hydrogen) atoms. The number of hydrogen-bond donors (Lipinski definition) is 2. The van der Waals surface area contributed by atoms with E-state index < -0.39 is 5.76 Å². The Morgan fingerprint density at radius 1 is 1.33 bits per heavy atom. The van der Waals surface area contributed by atoms with E-state index in [1.54, 1.807) is 6.07 Å². The molecule has 0 amide bonds. The van der Waals surface area contributed by atoms with Crippen molar-refractivity contribution in [2.24, 2.45) is 5.92 Å². The lowest BCUT2D eigenvalue weighted by Gasteiger charge is -2.30. The number of nitrogen functional groups attached to an aromatic ring is 1. The third-order valence-corrected chi connectivity index (χ3v) is 3.52. The zero-order chi connectivity index (χ0) is 13.4. The topological polar surface area (TPSA) is 75.3 Å². The second-order valence-electron chi connectivity index (χ2n) is 5.02. The molecule has 0 bridgehead atoms. The SMILES string of the molecule is CC(C)C(C)N(C)c1cc2[nH]c(=O)oc2cc1N. The highest BCUT2D eigenvalue weighted by molar-refractivity contribution is 5.85. The van der Waals surface area contributed by atoms with Gasteiger partial charge in [0.2, 0.25) is 0 Å². The molecule has 1 aromatic heterocycles. The van der Waals surface area contributed by atoms with E-state index in [9.17, 15) is 4.79 Å². The molecule has 1 atom stereocenters. The summed E-state index contributed by atoms with van der Waals surface area (Å²) in [4.78, 5) is 15.9. The number of benzene rings is 1. The van der Waals surface area contributed by atoms with E-state index >= 15 is 0 Å². The van der Waals surface area contributed by atoms with Crippen LogP contribution in [0.4, 0.5) is 11.4 Å². The molecule has 0 saturated heterocycles. The summed E-state index contributed by atoms with van der Waals surface area (Å²) in [6, 6.07) is 3.89. The Morgan fingerprint density at radius 2 is 2.00 bits per heavy atom. The molecular weight excluding hydrogens is 230 g/mol. The van der Waals surface area contributed by atoms with Crippen LogP contribution in [0.3, 0.4) is 0 Å². The van der Waals surface area contributed by atoms with Crippen molar-refractivity contribution < 1.29 is 4.42 Å². The summed E-state index contributed by atoms with van der Waals surface area (Å²) >= 11 is 0. The minimum atomic E-state index is -0.457. The van der Waals surface area contributed by atoms with Crippen LogP contribution >= 0.6 is 0 Å². The summed E-state index contributed by atoms with van der Waals surface area (Å²) in [5, 5.41) is 0. The summed E-state index contributed by atoms with van der Waals surface area (Å²) in [5.41, 5.74) is 8.70. The van der Waals surface area contributed by atoms with Gasteiger partial charge in [-0.3, -0.25) is 4.98 Å². The van der Waals surface area contributed by atoms with Crippen molar-refractivity contribution >= 4 is 22.5 Å².